The second-order valence-corrected chi connectivity index (χ2v) is 5.53. The third-order valence-electron chi connectivity index (χ3n) is 2.06. The first kappa shape index (κ1) is 13.9. The molecule has 7 heteroatoms. The SMILES string of the molecule is CN(C)CCCNS(=O)(=O)c1ccc(C=O)o1. The Balaban J connectivity index is 2.54. The van der Waals surface area contributed by atoms with Crippen molar-refractivity contribution in [2.45, 2.75) is 11.5 Å². The van der Waals surface area contributed by atoms with Crippen LogP contribution >= 0.6 is 0 Å². The van der Waals surface area contributed by atoms with Gasteiger partial charge in [-0.05, 0) is 39.2 Å². The first-order valence-electron chi connectivity index (χ1n) is 5.15. The minimum atomic E-state index is -3.64. The van der Waals surface area contributed by atoms with Gasteiger partial charge in [0.05, 0.1) is 0 Å². The molecule has 0 saturated heterocycles. The highest BCUT2D eigenvalue weighted by Gasteiger charge is 2.17. The van der Waals surface area contributed by atoms with E-state index in [0.717, 1.165) is 6.54 Å². The Kier molecular flexibility index (Phi) is 4.86. The number of sulfonamides is 1. The fraction of sp³-hybridized carbons (Fsp3) is 0.500. The van der Waals surface area contributed by atoms with Crippen LogP contribution in [0, 0.1) is 0 Å². The van der Waals surface area contributed by atoms with Crippen LogP contribution in [-0.2, 0) is 10.0 Å². The molecular formula is C10H16N2O4S. The molecule has 1 heterocycles. The van der Waals surface area contributed by atoms with Crippen molar-refractivity contribution >= 4 is 16.3 Å². The lowest BCUT2D eigenvalue weighted by atomic mass is 10.4. The lowest BCUT2D eigenvalue weighted by molar-refractivity contribution is 0.109. The largest absolute Gasteiger partial charge is 0.440 e. The van der Waals surface area contributed by atoms with Gasteiger partial charge in [-0.25, -0.2) is 13.1 Å². The molecule has 0 aliphatic rings. The monoisotopic (exact) mass is 260 g/mol. The van der Waals surface area contributed by atoms with Gasteiger partial charge in [-0.2, -0.15) is 0 Å². The van der Waals surface area contributed by atoms with E-state index < -0.39 is 10.0 Å². The number of nitrogens with one attached hydrogen (secondary N) is 1. The zero-order valence-electron chi connectivity index (χ0n) is 9.84. The predicted molar refractivity (Wildman–Crippen MR) is 62.5 cm³/mol. The van der Waals surface area contributed by atoms with Crippen molar-refractivity contribution in [2.75, 3.05) is 27.2 Å². The molecule has 0 aliphatic carbocycles. The normalized spacial score (nSPS) is 11.9. The van der Waals surface area contributed by atoms with Gasteiger partial charge in [0.25, 0.3) is 10.0 Å². The number of hydrogen-bond acceptors (Lipinski definition) is 5. The summed E-state index contributed by atoms with van der Waals surface area (Å²) in [7, 11) is 0.187. The molecular weight excluding hydrogens is 244 g/mol. The van der Waals surface area contributed by atoms with Gasteiger partial charge in [0.15, 0.2) is 12.0 Å². The number of carbonyl (C=O) groups excluding carboxylic acids is 1. The maximum atomic E-state index is 11.7. The summed E-state index contributed by atoms with van der Waals surface area (Å²) in [5.41, 5.74) is 0. The molecule has 1 aromatic rings. The number of aldehydes is 1. The highest BCUT2D eigenvalue weighted by molar-refractivity contribution is 7.89. The average Bonchev–Trinajstić information content (AvgIpc) is 2.73. The molecule has 1 aromatic heterocycles. The van der Waals surface area contributed by atoms with Gasteiger partial charge >= 0.3 is 0 Å². The first-order chi connectivity index (χ1) is 7.95. The van der Waals surface area contributed by atoms with Crippen molar-refractivity contribution in [1.29, 1.82) is 0 Å². The van der Waals surface area contributed by atoms with E-state index in [0.29, 0.717) is 19.3 Å². The van der Waals surface area contributed by atoms with Crippen LogP contribution in [0.2, 0.25) is 0 Å². The van der Waals surface area contributed by atoms with Crippen molar-refractivity contribution in [3.63, 3.8) is 0 Å². The zero-order valence-corrected chi connectivity index (χ0v) is 10.7. The average molecular weight is 260 g/mol. The van der Waals surface area contributed by atoms with E-state index in [-0.39, 0.29) is 10.9 Å². The van der Waals surface area contributed by atoms with E-state index in [1.807, 2.05) is 19.0 Å². The molecule has 0 saturated carbocycles. The number of furan rings is 1. The summed E-state index contributed by atoms with van der Waals surface area (Å²) in [6, 6.07) is 2.58. The van der Waals surface area contributed by atoms with E-state index in [2.05, 4.69) is 4.72 Å². The first-order valence-corrected chi connectivity index (χ1v) is 6.63. The minimum absolute atomic E-state index is 0.00123. The van der Waals surface area contributed by atoms with Crippen LogP contribution in [0.1, 0.15) is 17.0 Å². The fourth-order valence-corrected chi connectivity index (χ4v) is 2.22. The van der Waals surface area contributed by atoms with E-state index in [9.17, 15) is 13.2 Å². The van der Waals surface area contributed by atoms with E-state index in [1.165, 1.54) is 12.1 Å². The summed E-state index contributed by atoms with van der Waals surface area (Å²) in [5.74, 6) is -0.00123. The summed E-state index contributed by atoms with van der Waals surface area (Å²) >= 11 is 0. The van der Waals surface area contributed by atoms with E-state index in [4.69, 9.17) is 4.42 Å². The van der Waals surface area contributed by atoms with Crippen LogP contribution in [0.4, 0.5) is 0 Å². The van der Waals surface area contributed by atoms with Gasteiger partial charge in [-0.1, -0.05) is 0 Å². The van der Waals surface area contributed by atoms with Crippen molar-refractivity contribution in [3.05, 3.63) is 17.9 Å². The highest BCUT2D eigenvalue weighted by atomic mass is 32.2. The Bertz CT molecular complexity index is 464. The number of rotatable bonds is 7. The Morgan fingerprint density at radius 1 is 1.41 bits per heavy atom. The third kappa shape index (κ3) is 4.29. The molecule has 0 amide bonds. The fourth-order valence-electron chi connectivity index (χ4n) is 1.22. The number of nitrogens with zero attached hydrogens (tertiary/aromatic N) is 1. The maximum absolute atomic E-state index is 11.7. The highest BCUT2D eigenvalue weighted by Crippen LogP contribution is 2.11. The second-order valence-electron chi connectivity index (χ2n) is 3.83. The van der Waals surface area contributed by atoms with Crippen LogP contribution in [0.3, 0.4) is 0 Å². The summed E-state index contributed by atoms with van der Waals surface area (Å²) in [4.78, 5) is 12.3. The van der Waals surface area contributed by atoms with Crippen LogP contribution < -0.4 is 4.72 Å². The van der Waals surface area contributed by atoms with Gasteiger partial charge < -0.3 is 9.32 Å². The Labute approximate surface area is 101 Å². The van der Waals surface area contributed by atoms with E-state index >= 15 is 0 Å². The van der Waals surface area contributed by atoms with Crippen molar-refractivity contribution in [1.82, 2.24) is 9.62 Å². The summed E-state index contributed by atoms with van der Waals surface area (Å²) in [6.45, 7) is 1.12. The van der Waals surface area contributed by atoms with E-state index in [1.54, 1.807) is 0 Å². The molecule has 0 unspecified atom stereocenters. The van der Waals surface area contributed by atoms with Crippen LogP contribution in [0.5, 0.6) is 0 Å². The summed E-state index contributed by atoms with van der Waals surface area (Å²) in [6.07, 6.45) is 1.17. The molecule has 0 aromatic carbocycles. The van der Waals surface area contributed by atoms with Gasteiger partial charge in [0.2, 0.25) is 5.09 Å². The van der Waals surface area contributed by atoms with Gasteiger partial charge in [0.1, 0.15) is 0 Å². The second kappa shape index (κ2) is 5.95. The topological polar surface area (TPSA) is 79.6 Å². The maximum Gasteiger partial charge on any atom is 0.273 e. The molecule has 6 nitrogen and oxygen atoms in total. The third-order valence-corrected chi connectivity index (χ3v) is 3.39. The molecule has 0 aliphatic heterocycles. The molecule has 0 spiro atoms. The molecule has 0 radical (unpaired) electrons. The van der Waals surface area contributed by atoms with Crippen molar-refractivity contribution < 1.29 is 17.6 Å². The van der Waals surface area contributed by atoms with Gasteiger partial charge in [-0.3, -0.25) is 4.79 Å². The van der Waals surface area contributed by atoms with Crippen LogP contribution in [0.15, 0.2) is 21.6 Å². The van der Waals surface area contributed by atoms with Crippen LogP contribution in [0.25, 0.3) is 0 Å². The molecule has 1 rings (SSSR count). The molecule has 96 valence electrons. The Morgan fingerprint density at radius 2 is 2.12 bits per heavy atom. The quantitative estimate of drug-likeness (QED) is 0.564. The van der Waals surface area contributed by atoms with Crippen LogP contribution in [-0.4, -0.2) is 46.8 Å². The zero-order chi connectivity index (χ0) is 12.9. The molecule has 0 bridgehead atoms. The smallest absolute Gasteiger partial charge is 0.273 e. The minimum Gasteiger partial charge on any atom is -0.440 e. The Hall–Kier alpha value is -1.18. The standard InChI is InChI=1S/C10H16N2O4S/c1-12(2)7-3-6-11-17(14,15)10-5-4-9(8-13)16-10/h4-5,8,11H,3,6-7H2,1-2H3. The molecule has 0 fully saturated rings. The van der Waals surface area contributed by atoms with Crippen molar-refractivity contribution in [3.8, 4) is 0 Å². The lowest BCUT2D eigenvalue weighted by Gasteiger charge is -2.09. The molecule has 17 heavy (non-hydrogen) atoms. The van der Waals surface area contributed by atoms with Gasteiger partial charge in [-0.15, -0.1) is 0 Å². The number of carbonyl (C=O) groups is 1. The Morgan fingerprint density at radius 3 is 2.65 bits per heavy atom. The predicted octanol–water partition coefficient (Wildman–Crippen LogP) is 0.322. The molecule has 0 atom stereocenters. The molecule has 1 N–H and O–H groups in total. The number of hydrogen-bond donors (Lipinski definition) is 1. The summed E-state index contributed by atoms with van der Waals surface area (Å²) in [5, 5.41) is -0.232. The van der Waals surface area contributed by atoms with Crippen molar-refractivity contribution in [2.24, 2.45) is 0 Å². The lowest BCUT2D eigenvalue weighted by Crippen LogP contribution is -2.27. The summed E-state index contributed by atoms with van der Waals surface area (Å²) < 4.78 is 30.6. The van der Waals surface area contributed by atoms with Gasteiger partial charge in [0, 0.05) is 6.54 Å².